The van der Waals surface area contributed by atoms with E-state index in [9.17, 15) is 0 Å². The molecule has 122 valence electrons. The van der Waals surface area contributed by atoms with E-state index in [1.165, 1.54) is 16.2 Å². The first-order chi connectivity index (χ1) is 11.3. The highest BCUT2D eigenvalue weighted by Crippen LogP contribution is 2.23. The van der Waals surface area contributed by atoms with Crippen molar-refractivity contribution in [2.45, 2.75) is 27.0 Å². The van der Waals surface area contributed by atoms with E-state index in [0.29, 0.717) is 6.61 Å². The van der Waals surface area contributed by atoms with Gasteiger partial charge in [-0.2, -0.15) is 0 Å². The van der Waals surface area contributed by atoms with Gasteiger partial charge in [-0.15, -0.1) is 0 Å². The molecule has 2 rings (SSSR count). The second-order valence-electron chi connectivity index (χ2n) is 5.56. The maximum atomic E-state index is 5.88. The lowest BCUT2D eigenvalue weighted by Crippen LogP contribution is -3.11. The highest BCUT2D eigenvalue weighted by Gasteiger charge is 2.09. The first-order valence-corrected chi connectivity index (χ1v) is 8.39. The van der Waals surface area contributed by atoms with Crippen molar-refractivity contribution in [3.05, 3.63) is 48.7 Å². The number of rotatable bonds is 7. The molecule has 2 aromatic rings. The first-order valence-electron chi connectivity index (χ1n) is 8.39. The molecule has 0 unspecified atom stereocenters. The zero-order valence-corrected chi connectivity index (χ0v) is 14.4. The second-order valence-corrected chi connectivity index (χ2v) is 5.56. The number of nitrogens with zero attached hydrogens (tertiary/aromatic N) is 1. The summed E-state index contributed by atoms with van der Waals surface area (Å²) in [6.07, 6.45) is 2.02. The molecule has 1 heterocycles. The van der Waals surface area contributed by atoms with E-state index in [1.54, 1.807) is 0 Å². The molecule has 3 nitrogen and oxygen atoms in total. The highest BCUT2D eigenvalue weighted by atomic mass is 16.5. The molecule has 1 aromatic heterocycles. The lowest BCUT2D eigenvalue weighted by Gasteiger charge is -2.17. The summed E-state index contributed by atoms with van der Waals surface area (Å²) < 4.78 is 8.02. The summed E-state index contributed by atoms with van der Waals surface area (Å²) in [4.78, 5) is 1.50. The van der Waals surface area contributed by atoms with Crippen LogP contribution in [0, 0.1) is 11.8 Å². The fraction of sp³-hybridized carbons (Fsp3) is 0.400. The number of aromatic nitrogens is 1. The average Bonchev–Trinajstić information content (AvgIpc) is 3.08. The van der Waals surface area contributed by atoms with Gasteiger partial charge in [0.2, 0.25) is 0 Å². The van der Waals surface area contributed by atoms with Crippen LogP contribution < -0.4 is 4.90 Å². The molecule has 0 fully saturated rings. The molecule has 3 heteroatoms. The van der Waals surface area contributed by atoms with Crippen molar-refractivity contribution < 1.29 is 9.64 Å². The Balaban J connectivity index is 1.91. The summed E-state index contributed by atoms with van der Waals surface area (Å²) in [6, 6.07) is 14.5. The average molecular weight is 311 g/mol. The second kappa shape index (κ2) is 9.19. The van der Waals surface area contributed by atoms with Crippen LogP contribution in [0.5, 0.6) is 0 Å². The predicted molar refractivity (Wildman–Crippen MR) is 95.2 cm³/mol. The van der Waals surface area contributed by atoms with Crippen molar-refractivity contribution in [2.24, 2.45) is 0 Å². The molecular formula is C20H27N2O+. The van der Waals surface area contributed by atoms with Gasteiger partial charge in [-0.25, -0.2) is 0 Å². The summed E-state index contributed by atoms with van der Waals surface area (Å²) >= 11 is 0. The van der Waals surface area contributed by atoms with Crippen LogP contribution in [0.4, 0.5) is 0 Å². The Hall–Kier alpha value is -2.02. The zero-order chi connectivity index (χ0) is 16.5. The van der Waals surface area contributed by atoms with E-state index in [0.717, 1.165) is 19.6 Å². The molecule has 0 aliphatic carbocycles. The molecule has 0 aliphatic heterocycles. The Morgan fingerprint density at radius 2 is 1.78 bits per heavy atom. The third kappa shape index (κ3) is 4.99. The summed E-state index contributed by atoms with van der Waals surface area (Å²) in [5, 5.41) is 0. The van der Waals surface area contributed by atoms with Crippen molar-refractivity contribution in [1.29, 1.82) is 0 Å². The van der Waals surface area contributed by atoms with Crippen molar-refractivity contribution >= 4 is 0 Å². The molecule has 0 radical (unpaired) electrons. The Bertz CT molecular complexity index is 632. The van der Waals surface area contributed by atoms with Gasteiger partial charge in [-0.3, -0.25) is 0 Å². The molecule has 0 saturated carbocycles. The van der Waals surface area contributed by atoms with E-state index < -0.39 is 0 Å². The summed E-state index contributed by atoms with van der Waals surface area (Å²) in [6.45, 7) is 10.0. The van der Waals surface area contributed by atoms with E-state index in [1.807, 2.05) is 6.07 Å². The SMILES string of the molecule is CC[NH+](CC)CC#CCO[C@H](C)n1cccc1-c1ccccc1. The number of quaternary nitrogens is 1. The van der Waals surface area contributed by atoms with Gasteiger partial charge in [0.25, 0.3) is 0 Å². The number of benzene rings is 1. The van der Waals surface area contributed by atoms with E-state index >= 15 is 0 Å². The van der Waals surface area contributed by atoms with Gasteiger partial charge in [-0.1, -0.05) is 36.3 Å². The molecular weight excluding hydrogens is 284 g/mol. The zero-order valence-electron chi connectivity index (χ0n) is 14.4. The van der Waals surface area contributed by atoms with Crippen LogP contribution in [-0.4, -0.2) is 30.8 Å². The van der Waals surface area contributed by atoms with Crippen LogP contribution in [0.3, 0.4) is 0 Å². The number of hydrogen-bond acceptors (Lipinski definition) is 1. The van der Waals surface area contributed by atoms with Crippen molar-refractivity contribution in [1.82, 2.24) is 4.57 Å². The summed E-state index contributed by atoms with van der Waals surface area (Å²) in [5.74, 6) is 6.34. The number of nitrogens with one attached hydrogen (secondary N) is 1. The highest BCUT2D eigenvalue weighted by molar-refractivity contribution is 5.59. The first kappa shape index (κ1) is 17.3. The maximum absolute atomic E-state index is 5.88. The smallest absolute Gasteiger partial charge is 0.139 e. The number of hydrogen-bond donors (Lipinski definition) is 1. The van der Waals surface area contributed by atoms with Crippen LogP contribution >= 0.6 is 0 Å². The van der Waals surface area contributed by atoms with Crippen LogP contribution in [0.1, 0.15) is 27.0 Å². The van der Waals surface area contributed by atoms with Gasteiger partial charge in [0, 0.05) is 6.20 Å². The van der Waals surface area contributed by atoms with Crippen molar-refractivity contribution in [3.8, 4) is 23.1 Å². The largest absolute Gasteiger partial charge is 0.346 e. The number of ether oxygens (including phenoxy) is 1. The van der Waals surface area contributed by atoms with E-state index in [2.05, 4.69) is 79.8 Å². The predicted octanol–water partition coefficient (Wildman–Crippen LogP) is 2.62. The van der Waals surface area contributed by atoms with Crippen LogP contribution in [-0.2, 0) is 4.74 Å². The molecule has 1 N–H and O–H groups in total. The fourth-order valence-electron chi connectivity index (χ4n) is 2.55. The molecule has 0 spiro atoms. The summed E-state index contributed by atoms with van der Waals surface area (Å²) in [5.41, 5.74) is 2.36. The Morgan fingerprint density at radius 1 is 1.04 bits per heavy atom. The Labute approximate surface area is 139 Å². The molecule has 0 bridgehead atoms. The third-order valence-corrected chi connectivity index (χ3v) is 4.10. The molecule has 0 amide bonds. The Kier molecular flexibility index (Phi) is 6.93. The van der Waals surface area contributed by atoms with Crippen LogP contribution in [0.2, 0.25) is 0 Å². The molecule has 0 saturated heterocycles. The van der Waals surface area contributed by atoms with Gasteiger partial charge in [0.1, 0.15) is 19.4 Å². The van der Waals surface area contributed by atoms with Gasteiger partial charge in [0.15, 0.2) is 0 Å². The molecule has 1 atom stereocenters. The lowest BCUT2D eigenvalue weighted by molar-refractivity contribution is -0.889. The normalized spacial score (nSPS) is 12.0. The van der Waals surface area contributed by atoms with Gasteiger partial charge >= 0.3 is 0 Å². The van der Waals surface area contributed by atoms with E-state index in [4.69, 9.17) is 4.74 Å². The topological polar surface area (TPSA) is 18.6 Å². The third-order valence-electron chi connectivity index (χ3n) is 4.10. The van der Waals surface area contributed by atoms with E-state index in [-0.39, 0.29) is 6.23 Å². The van der Waals surface area contributed by atoms with Gasteiger partial charge < -0.3 is 14.2 Å². The van der Waals surface area contributed by atoms with Crippen LogP contribution in [0.25, 0.3) is 11.3 Å². The molecule has 0 aliphatic rings. The maximum Gasteiger partial charge on any atom is 0.139 e. The fourth-order valence-corrected chi connectivity index (χ4v) is 2.55. The Morgan fingerprint density at radius 3 is 2.48 bits per heavy atom. The van der Waals surface area contributed by atoms with Crippen LogP contribution in [0.15, 0.2) is 48.7 Å². The quantitative estimate of drug-likeness (QED) is 0.779. The van der Waals surface area contributed by atoms with Crippen molar-refractivity contribution in [2.75, 3.05) is 26.2 Å². The van der Waals surface area contributed by atoms with Gasteiger partial charge in [-0.05, 0) is 44.4 Å². The van der Waals surface area contributed by atoms with Crippen molar-refractivity contribution in [3.63, 3.8) is 0 Å². The van der Waals surface area contributed by atoms with Gasteiger partial charge in [0.05, 0.1) is 18.8 Å². The minimum absolute atomic E-state index is 0.0321. The molecule has 23 heavy (non-hydrogen) atoms. The minimum atomic E-state index is -0.0321. The molecule has 1 aromatic carbocycles. The summed E-state index contributed by atoms with van der Waals surface area (Å²) in [7, 11) is 0. The minimum Gasteiger partial charge on any atom is -0.346 e. The standard InChI is InChI=1S/C20H26N2O/c1-4-21(5-2)15-9-10-17-23-18(3)22-16-11-14-20(22)19-12-7-6-8-13-19/h6-8,11-14,16,18H,4-5,15,17H2,1-3H3/p+1/t18-/m1/s1. The monoisotopic (exact) mass is 311 g/mol. The lowest BCUT2D eigenvalue weighted by atomic mass is 10.1.